The van der Waals surface area contributed by atoms with Crippen molar-refractivity contribution in [3.05, 3.63) is 82.7 Å². The van der Waals surface area contributed by atoms with Crippen molar-refractivity contribution in [2.75, 3.05) is 36.8 Å². The van der Waals surface area contributed by atoms with Crippen LogP contribution in [0.3, 0.4) is 0 Å². The number of guanidine groups is 1. The number of rotatable bonds is 4. The number of hydrogen-bond acceptors (Lipinski definition) is 4. The number of nitrogens with one attached hydrogen (secondary N) is 2. The van der Waals surface area contributed by atoms with Crippen LogP contribution in [0.5, 0.6) is 0 Å². The van der Waals surface area contributed by atoms with Gasteiger partial charge in [0.1, 0.15) is 0 Å². The van der Waals surface area contributed by atoms with Gasteiger partial charge in [0.05, 0.1) is 0 Å². The number of thiocarbonyl (C=S) groups is 1. The third-order valence-corrected chi connectivity index (χ3v) is 6.37. The minimum absolute atomic E-state index is 0.400. The van der Waals surface area contributed by atoms with Gasteiger partial charge in [0, 0.05) is 49.8 Å². The van der Waals surface area contributed by atoms with E-state index in [4.69, 9.17) is 17.2 Å². The molecule has 0 radical (unpaired) electrons. The van der Waals surface area contributed by atoms with Crippen molar-refractivity contribution >= 4 is 34.9 Å². The maximum Gasteiger partial charge on any atom is 0.229 e. The Kier molecular flexibility index (Phi) is 8.05. The topological polar surface area (TPSA) is 68.7 Å². The van der Waals surface area contributed by atoms with Crippen LogP contribution < -0.4 is 10.6 Å². The van der Waals surface area contributed by atoms with Crippen molar-refractivity contribution < 1.29 is 0 Å². The standard InChI is InChI=1S/C27H33N7S/c1-19-9-8-12-24(22(19)4)30-27(35)32-26(31-25-28-20(2)17-21(3)29-25)34-15-13-33(14-16-34)18-23-10-6-5-7-11-23/h5-12,17H,13-16,18H2,1-4H3,(H2,28,29,30,31,32,35). The number of piperazine rings is 1. The molecule has 0 bridgehead atoms. The average Bonchev–Trinajstić information content (AvgIpc) is 2.82. The van der Waals surface area contributed by atoms with Gasteiger partial charge in [-0.15, -0.1) is 0 Å². The zero-order valence-corrected chi connectivity index (χ0v) is 21.7. The molecule has 0 amide bonds. The third kappa shape index (κ3) is 6.83. The van der Waals surface area contributed by atoms with Crippen LogP contribution in [-0.2, 0) is 6.54 Å². The molecule has 0 saturated carbocycles. The highest BCUT2D eigenvalue weighted by atomic mass is 32.1. The van der Waals surface area contributed by atoms with E-state index in [1.54, 1.807) is 0 Å². The van der Waals surface area contributed by atoms with Gasteiger partial charge in [-0.2, -0.15) is 4.99 Å². The summed E-state index contributed by atoms with van der Waals surface area (Å²) in [7, 11) is 0. The number of aromatic nitrogens is 2. The Hall–Kier alpha value is -3.36. The number of nitrogens with zero attached hydrogens (tertiary/aromatic N) is 5. The molecule has 1 fully saturated rings. The summed E-state index contributed by atoms with van der Waals surface area (Å²) < 4.78 is 0. The van der Waals surface area contributed by atoms with E-state index in [-0.39, 0.29) is 0 Å². The molecule has 8 heteroatoms. The van der Waals surface area contributed by atoms with Gasteiger partial charge >= 0.3 is 0 Å². The third-order valence-electron chi connectivity index (χ3n) is 6.18. The molecule has 2 heterocycles. The van der Waals surface area contributed by atoms with Crippen LogP contribution in [0.1, 0.15) is 28.1 Å². The van der Waals surface area contributed by atoms with Crippen molar-refractivity contribution in [1.82, 2.24) is 19.8 Å². The summed E-state index contributed by atoms with van der Waals surface area (Å²) in [4.78, 5) is 18.6. The number of aryl methyl sites for hydroxylation is 3. The largest absolute Gasteiger partial charge is 0.340 e. The summed E-state index contributed by atoms with van der Waals surface area (Å²) in [5.41, 5.74) is 6.47. The van der Waals surface area contributed by atoms with Gasteiger partial charge in [-0.3, -0.25) is 10.2 Å². The Morgan fingerprint density at radius 1 is 0.886 bits per heavy atom. The maximum atomic E-state index is 5.65. The predicted molar refractivity (Wildman–Crippen MR) is 148 cm³/mol. The number of aliphatic imine (C=N–C) groups is 1. The first-order chi connectivity index (χ1) is 16.9. The molecule has 3 aromatic rings. The molecular formula is C27H33N7S. The van der Waals surface area contributed by atoms with E-state index in [2.05, 4.69) is 80.6 Å². The lowest BCUT2D eigenvalue weighted by Crippen LogP contribution is -2.50. The molecule has 2 N–H and O–H groups in total. The van der Waals surface area contributed by atoms with Crippen molar-refractivity contribution in [2.24, 2.45) is 4.99 Å². The first-order valence-electron chi connectivity index (χ1n) is 11.9. The van der Waals surface area contributed by atoms with Crippen LogP contribution in [0.25, 0.3) is 0 Å². The Balaban J connectivity index is 1.51. The van der Waals surface area contributed by atoms with E-state index in [0.29, 0.717) is 17.0 Å². The van der Waals surface area contributed by atoms with Crippen LogP contribution in [0.2, 0.25) is 0 Å². The van der Waals surface area contributed by atoms with Gasteiger partial charge in [0.25, 0.3) is 0 Å². The van der Waals surface area contributed by atoms with Crippen LogP contribution in [0.4, 0.5) is 11.6 Å². The lowest BCUT2D eigenvalue weighted by Gasteiger charge is -2.36. The van der Waals surface area contributed by atoms with E-state index < -0.39 is 0 Å². The number of hydrogen-bond donors (Lipinski definition) is 2. The Morgan fingerprint density at radius 3 is 2.26 bits per heavy atom. The Labute approximate surface area is 213 Å². The van der Waals surface area contributed by atoms with E-state index in [1.165, 1.54) is 11.1 Å². The summed E-state index contributed by atoms with van der Waals surface area (Å²) >= 11 is 5.65. The SMILES string of the molecule is Cc1cc(C)nc(N/C(=N/C(=S)Nc2cccc(C)c2C)N2CCN(Cc3ccccc3)CC2)n1. The summed E-state index contributed by atoms with van der Waals surface area (Å²) in [6, 6.07) is 18.7. The van der Waals surface area contributed by atoms with Gasteiger partial charge in [-0.25, -0.2) is 9.97 Å². The highest BCUT2D eigenvalue weighted by molar-refractivity contribution is 7.80. The van der Waals surface area contributed by atoms with Gasteiger partial charge < -0.3 is 10.2 Å². The zero-order chi connectivity index (χ0) is 24.8. The molecule has 35 heavy (non-hydrogen) atoms. The molecular weight excluding hydrogens is 454 g/mol. The van der Waals surface area contributed by atoms with Crippen molar-refractivity contribution in [1.29, 1.82) is 0 Å². The van der Waals surface area contributed by atoms with Crippen molar-refractivity contribution in [3.63, 3.8) is 0 Å². The molecule has 0 spiro atoms. The lowest BCUT2D eigenvalue weighted by atomic mass is 10.1. The summed E-state index contributed by atoms with van der Waals surface area (Å²) in [5, 5.41) is 7.04. The zero-order valence-electron chi connectivity index (χ0n) is 20.9. The average molecular weight is 488 g/mol. The minimum Gasteiger partial charge on any atom is -0.340 e. The fourth-order valence-electron chi connectivity index (χ4n) is 4.14. The second-order valence-corrected chi connectivity index (χ2v) is 9.35. The predicted octanol–water partition coefficient (Wildman–Crippen LogP) is 4.69. The van der Waals surface area contributed by atoms with Crippen LogP contribution >= 0.6 is 12.2 Å². The summed E-state index contributed by atoms with van der Waals surface area (Å²) in [5.74, 6) is 1.19. The molecule has 0 unspecified atom stereocenters. The molecule has 0 aliphatic carbocycles. The molecule has 1 aliphatic rings. The number of benzene rings is 2. The van der Waals surface area contributed by atoms with E-state index >= 15 is 0 Å². The van der Waals surface area contributed by atoms with Crippen LogP contribution in [-0.4, -0.2) is 57.0 Å². The normalized spacial score (nSPS) is 14.6. The van der Waals surface area contributed by atoms with Gasteiger partial charge in [0.15, 0.2) is 0 Å². The van der Waals surface area contributed by atoms with Gasteiger partial charge in [0.2, 0.25) is 17.0 Å². The Morgan fingerprint density at radius 2 is 1.57 bits per heavy atom. The first-order valence-corrected chi connectivity index (χ1v) is 12.3. The smallest absolute Gasteiger partial charge is 0.229 e. The van der Waals surface area contributed by atoms with Crippen molar-refractivity contribution in [3.8, 4) is 0 Å². The van der Waals surface area contributed by atoms with Gasteiger partial charge in [-0.1, -0.05) is 42.5 Å². The highest BCUT2D eigenvalue weighted by Gasteiger charge is 2.21. The molecule has 1 aliphatic heterocycles. The lowest BCUT2D eigenvalue weighted by molar-refractivity contribution is 0.175. The second-order valence-electron chi connectivity index (χ2n) is 8.96. The monoisotopic (exact) mass is 487 g/mol. The molecule has 0 atom stereocenters. The van der Waals surface area contributed by atoms with E-state index in [0.717, 1.165) is 55.4 Å². The fourth-order valence-corrected chi connectivity index (χ4v) is 4.34. The molecule has 1 saturated heterocycles. The highest BCUT2D eigenvalue weighted by Crippen LogP contribution is 2.18. The minimum atomic E-state index is 0.400. The fraction of sp³-hybridized carbons (Fsp3) is 0.333. The summed E-state index contributed by atoms with van der Waals surface area (Å²) in [6.45, 7) is 12.6. The molecule has 182 valence electrons. The maximum absolute atomic E-state index is 5.65. The van der Waals surface area contributed by atoms with Crippen molar-refractivity contribution in [2.45, 2.75) is 34.2 Å². The van der Waals surface area contributed by atoms with E-state index in [1.807, 2.05) is 32.0 Å². The molecule has 2 aromatic carbocycles. The second kappa shape index (κ2) is 11.4. The molecule has 4 rings (SSSR count). The van der Waals surface area contributed by atoms with Gasteiger partial charge in [-0.05, 0) is 68.7 Å². The first kappa shape index (κ1) is 24.8. The molecule has 1 aromatic heterocycles. The van der Waals surface area contributed by atoms with Crippen LogP contribution in [0, 0.1) is 27.7 Å². The number of anilines is 2. The summed E-state index contributed by atoms with van der Waals surface area (Å²) in [6.07, 6.45) is 0. The quantitative estimate of drug-likeness (QED) is 0.314. The Bertz CT molecular complexity index is 1180. The van der Waals surface area contributed by atoms with E-state index in [9.17, 15) is 0 Å². The van der Waals surface area contributed by atoms with Crippen LogP contribution in [0.15, 0.2) is 59.6 Å². The molecule has 7 nitrogen and oxygen atoms in total.